The number of amides is 1. The molecule has 4 nitrogen and oxygen atoms in total. The van der Waals surface area contributed by atoms with Gasteiger partial charge in [0.1, 0.15) is 12.4 Å². The molecule has 1 aromatic carbocycles. The van der Waals surface area contributed by atoms with E-state index in [-0.39, 0.29) is 12.4 Å². The van der Waals surface area contributed by atoms with Gasteiger partial charge < -0.3 is 4.74 Å². The van der Waals surface area contributed by atoms with Crippen LogP contribution in [-0.2, 0) is 17.9 Å². The van der Waals surface area contributed by atoms with E-state index in [0.717, 1.165) is 16.1 Å². The third kappa shape index (κ3) is 2.70. The fraction of sp³-hybridized carbons (Fsp3) is 0.143. The monoisotopic (exact) mass is 290 g/mol. The van der Waals surface area contributed by atoms with E-state index in [2.05, 4.69) is 4.98 Å². The molecule has 0 unspecified atom stereocenters. The highest BCUT2D eigenvalue weighted by atomic mass is 32.1. The zero-order valence-electron chi connectivity index (χ0n) is 10.5. The Morgan fingerprint density at radius 3 is 3.00 bits per heavy atom. The minimum Gasteiger partial charge on any atom is -0.444 e. The number of carbonyl (C=O) groups excluding carboxylic acids is 1. The number of hydrogen-bond acceptors (Lipinski definition) is 4. The first-order chi connectivity index (χ1) is 9.72. The first-order valence-electron chi connectivity index (χ1n) is 6.01. The molecule has 1 aromatic heterocycles. The van der Waals surface area contributed by atoms with Gasteiger partial charge in [-0.15, -0.1) is 11.3 Å². The van der Waals surface area contributed by atoms with E-state index in [1.54, 1.807) is 29.9 Å². The van der Waals surface area contributed by atoms with Crippen molar-refractivity contribution < 1.29 is 13.9 Å². The van der Waals surface area contributed by atoms with Crippen molar-refractivity contribution in [2.24, 2.45) is 0 Å². The number of ether oxygens (including phenoxy) is 1. The maximum atomic E-state index is 12.8. The van der Waals surface area contributed by atoms with Crippen LogP contribution in [0.4, 0.5) is 9.18 Å². The topological polar surface area (TPSA) is 42.4 Å². The Kier molecular flexibility index (Phi) is 3.47. The Balaban J connectivity index is 1.59. The Labute approximate surface area is 119 Å². The maximum absolute atomic E-state index is 12.8. The van der Waals surface area contributed by atoms with Crippen molar-refractivity contribution in [1.29, 1.82) is 0 Å². The van der Waals surface area contributed by atoms with Crippen molar-refractivity contribution in [3.8, 4) is 0 Å². The van der Waals surface area contributed by atoms with Gasteiger partial charge in [-0.3, -0.25) is 4.90 Å². The Morgan fingerprint density at radius 2 is 2.20 bits per heavy atom. The summed E-state index contributed by atoms with van der Waals surface area (Å²) >= 11 is 1.51. The third-order valence-corrected chi connectivity index (χ3v) is 3.74. The summed E-state index contributed by atoms with van der Waals surface area (Å²) in [5.74, 6) is -0.309. The van der Waals surface area contributed by atoms with E-state index in [9.17, 15) is 9.18 Å². The van der Waals surface area contributed by atoms with Crippen molar-refractivity contribution in [3.63, 3.8) is 0 Å². The molecular weight excluding hydrogens is 279 g/mol. The van der Waals surface area contributed by atoms with Gasteiger partial charge in [0.2, 0.25) is 0 Å². The highest BCUT2D eigenvalue weighted by Crippen LogP contribution is 2.22. The summed E-state index contributed by atoms with van der Waals surface area (Å²) in [5, 5.41) is 0. The Hall–Kier alpha value is -2.21. The van der Waals surface area contributed by atoms with Crippen LogP contribution in [0.2, 0.25) is 0 Å². The SMILES string of the molecule is O=C(OCc1ccc(F)cc1)N1C=Cc2ncsc2C1. The van der Waals surface area contributed by atoms with Gasteiger partial charge in [-0.05, 0) is 23.8 Å². The van der Waals surface area contributed by atoms with Crippen LogP contribution in [-0.4, -0.2) is 16.0 Å². The molecular formula is C14H11FN2O2S. The zero-order chi connectivity index (χ0) is 13.9. The molecule has 0 radical (unpaired) electrons. The fourth-order valence-corrected chi connectivity index (χ4v) is 2.58. The number of rotatable bonds is 2. The number of fused-ring (bicyclic) bond motifs is 1. The van der Waals surface area contributed by atoms with Crippen molar-refractivity contribution in [2.45, 2.75) is 13.2 Å². The average molecular weight is 290 g/mol. The third-order valence-electron chi connectivity index (χ3n) is 2.91. The summed E-state index contributed by atoms with van der Waals surface area (Å²) in [6, 6.07) is 5.87. The number of hydrogen-bond donors (Lipinski definition) is 0. The van der Waals surface area contributed by atoms with Crippen molar-refractivity contribution in [2.75, 3.05) is 0 Å². The molecule has 102 valence electrons. The predicted molar refractivity (Wildman–Crippen MR) is 73.3 cm³/mol. The lowest BCUT2D eigenvalue weighted by Gasteiger charge is -2.20. The highest BCUT2D eigenvalue weighted by Gasteiger charge is 2.19. The Morgan fingerprint density at radius 1 is 1.40 bits per heavy atom. The van der Waals surface area contributed by atoms with Gasteiger partial charge in [0.05, 0.1) is 22.6 Å². The molecule has 0 fully saturated rings. The van der Waals surface area contributed by atoms with Crippen LogP contribution in [0.5, 0.6) is 0 Å². The quantitative estimate of drug-likeness (QED) is 0.851. The molecule has 6 heteroatoms. The number of thiazole rings is 1. The average Bonchev–Trinajstić information content (AvgIpc) is 2.93. The molecule has 0 N–H and O–H groups in total. The van der Waals surface area contributed by atoms with E-state index >= 15 is 0 Å². The van der Waals surface area contributed by atoms with Crippen LogP contribution in [0.25, 0.3) is 6.08 Å². The molecule has 0 saturated carbocycles. The van der Waals surface area contributed by atoms with Gasteiger partial charge in [-0.2, -0.15) is 0 Å². The second-order valence-electron chi connectivity index (χ2n) is 4.29. The van der Waals surface area contributed by atoms with Crippen molar-refractivity contribution >= 4 is 23.5 Å². The minimum atomic E-state index is -0.426. The largest absolute Gasteiger partial charge is 0.444 e. The van der Waals surface area contributed by atoms with Crippen LogP contribution in [0.3, 0.4) is 0 Å². The first kappa shape index (κ1) is 12.8. The molecule has 1 aliphatic heterocycles. The van der Waals surface area contributed by atoms with Gasteiger partial charge in [0.15, 0.2) is 0 Å². The second-order valence-corrected chi connectivity index (χ2v) is 5.22. The smallest absolute Gasteiger partial charge is 0.414 e. The molecule has 1 aliphatic rings. The molecule has 3 rings (SSSR count). The molecule has 0 spiro atoms. The summed E-state index contributed by atoms with van der Waals surface area (Å²) in [5.41, 5.74) is 3.40. The predicted octanol–water partition coefficient (Wildman–Crippen LogP) is 3.41. The van der Waals surface area contributed by atoms with Crippen molar-refractivity contribution in [3.05, 3.63) is 57.9 Å². The summed E-state index contributed by atoms with van der Waals surface area (Å²) in [6.45, 7) is 0.595. The highest BCUT2D eigenvalue weighted by molar-refractivity contribution is 7.09. The summed E-state index contributed by atoms with van der Waals surface area (Å²) < 4.78 is 18.0. The normalized spacial score (nSPS) is 13.2. The molecule has 2 heterocycles. The van der Waals surface area contributed by atoms with E-state index in [0.29, 0.717) is 6.54 Å². The lowest BCUT2D eigenvalue weighted by atomic mass is 10.2. The molecule has 0 atom stereocenters. The van der Waals surface area contributed by atoms with E-state index in [1.807, 2.05) is 0 Å². The van der Waals surface area contributed by atoms with Crippen LogP contribution in [0.1, 0.15) is 16.1 Å². The number of carbonyl (C=O) groups is 1. The van der Waals surface area contributed by atoms with Gasteiger partial charge in [0.25, 0.3) is 0 Å². The summed E-state index contributed by atoms with van der Waals surface area (Å²) in [7, 11) is 0. The summed E-state index contributed by atoms with van der Waals surface area (Å²) in [6.07, 6.45) is 3.02. The molecule has 1 amide bonds. The minimum absolute atomic E-state index is 0.124. The van der Waals surface area contributed by atoms with Gasteiger partial charge in [0, 0.05) is 6.20 Å². The lowest BCUT2D eigenvalue weighted by molar-refractivity contribution is 0.109. The maximum Gasteiger partial charge on any atom is 0.414 e. The molecule has 20 heavy (non-hydrogen) atoms. The van der Waals surface area contributed by atoms with Crippen LogP contribution in [0, 0.1) is 5.82 Å². The van der Waals surface area contributed by atoms with Gasteiger partial charge >= 0.3 is 6.09 Å². The molecule has 0 bridgehead atoms. The second kappa shape index (κ2) is 5.42. The Bertz CT molecular complexity index is 651. The van der Waals surface area contributed by atoms with E-state index < -0.39 is 6.09 Å². The number of aromatic nitrogens is 1. The number of halogens is 1. The fourth-order valence-electron chi connectivity index (χ4n) is 1.84. The van der Waals surface area contributed by atoms with Crippen LogP contribution >= 0.6 is 11.3 Å². The number of benzene rings is 1. The molecule has 2 aromatic rings. The van der Waals surface area contributed by atoms with Gasteiger partial charge in [-0.25, -0.2) is 14.2 Å². The van der Waals surface area contributed by atoms with E-state index in [1.165, 1.54) is 28.4 Å². The van der Waals surface area contributed by atoms with Crippen LogP contribution < -0.4 is 0 Å². The zero-order valence-corrected chi connectivity index (χ0v) is 11.3. The van der Waals surface area contributed by atoms with Crippen LogP contribution in [0.15, 0.2) is 36.0 Å². The molecule has 0 aliphatic carbocycles. The first-order valence-corrected chi connectivity index (χ1v) is 6.89. The molecule has 0 saturated heterocycles. The van der Waals surface area contributed by atoms with Gasteiger partial charge in [-0.1, -0.05) is 12.1 Å². The van der Waals surface area contributed by atoms with E-state index in [4.69, 9.17) is 4.74 Å². The summed E-state index contributed by atoms with van der Waals surface area (Å²) in [4.78, 5) is 18.6. The number of nitrogens with zero attached hydrogens (tertiary/aromatic N) is 2. The lowest BCUT2D eigenvalue weighted by Crippen LogP contribution is -2.27. The van der Waals surface area contributed by atoms with Crippen molar-refractivity contribution in [1.82, 2.24) is 9.88 Å². The standard InChI is InChI=1S/C14H11FN2O2S/c15-11-3-1-10(2-4-11)8-19-14(18)17-6-5-12-13(7-17)20-9-16-12/h1-6,9H,7-8H2.